The molecule has 1 spiro atoms. The third kappa shape index (κ3) is 6.32. The summed E-state index contributed by atoms with van der Waals surface area (Å²) in [7, 11) is -0.635. The van der Waals surface area contributed by atoms with Crippen molar-refractivity contribution in [2.45, 2.75) is 77.3 Å². The molecule has 53 heavy (non-hydrogen) atoms. The van der Waals surface area contributed by atoms with Gasteiger partial charge in [-0.3, -0.25) is 14.1 Å². The van der Waals surface area contributed by atoms with Crippen LogP contribution in [0, 0.1) is 34.8 Å². The molecular weight excluding hydrogens is 697 g/mol. The molecule has 5 heterocycles. The van der Waals surface area contributed by atoms with E-state index in [1.165, 1.54) is 30.5 Å². The summed E-state index contributed by atoms with van der Waals surface area (Å²) in [4.78, 5) is 18.9. The predicted molar refractivity (Wildman–Crippen MR) is 204 cm³/mol. The summed E-state index contributed by atoms with van der Waals surface area (Å²) in [5.74, 6) is 3.16. The van der Waals surface area contributed by atoms with Crippen molar-refractivity contribution >= 4 is 38.3 Å². The van der Waals surface area contributed by atoms with Crippen molar-refractivity contribution in [3.8, 4) is 35.4 Å². The molecule has 0 amide bonds. The van der Waals surface area contributed by atoms with Gasteiger partial charge in [0.05, 0.1) is 24.2 Å². The van der Waals surface area contributed by atoms with Crippen LogP contribution in [-0.2, 0) is 15.5 Å². The van der Waals surface area contributed by atoms with Crippen LogP contribution in [0.15, 0.2) is 30.5 Å². The van der Waals surface area contributed by atoms with Gasteiger partial charge in [0, 0.05) is 76.6 Å². The molecule has 12 heteroatoms. The summed E-state index contributed by atoms with van der Waals surface area (Å²) in [5, 5.41) is 11.8. The average Bonchev–Trinajstić information content (AvgIpc) is 3.39. The number of benzene rings is 2. The first-order valence-electron chi connectivity index (χ1n) is 19.1. The summed E-state index contributed by atoms with van der Waals surface area (Å²) < 4.78 is 56.1. The number of halogens is 2. The van der Waals surface area contributed by atoms with Crippen molar-refractivity contribution in [1.29, 1.82) is 0 Å². The first-order chi connectivity index (χ1) is 25.8. The highest BCUT2D eigenvalue weighted by molar-refractivity contribution is 7.86. The van der Waals surface area contributed by atoms with Crippen molar-refractivity contribution in [2.75, 3.05) is 55.9 Å². The molecule has 3 saturated heterocycles. The summed E-state index contributed by atoms with van der Waals surface area (Å²) in [6.07, 6.45) is 15.8. The van der Waals surface area contributed by atoms with Crippen molar-refractivity contribution in [2.24, 2.45) is 10.8 Å². The van der Waals surface area contributed by atoms with E-state index in [4.69, 9.17) is 25.9 Å². The van der Waals surface area contributed by atoms with E-state index in [0.29, 0.717) is 67.0 Å². The number of hydrogen-bond donors (Lipinski definition) is 1. The van der Waals surface area contributed by atoms with E-state index in [2.05, 4.69) is 20.7 Å². The number of likely N-dealkylation sites (tertiary alicyclic amines) is 1. The Balaban J connectivity index is 0.00000197. The van der Waals surface area contributed by atoms with Gasteiger partial charge >= 0.3 is 6.01 Å². The minimum atomic E-state index is -0.734. The number of ether oxygens (including phenoxy) is 2. The fourth-order valence-corrected chi connectivity index (χ4v) is 11.6. The second-order valence-electron chi connectivity index (χ2n) is 15.3. The number of fused-ring (bicyclic) bond motifs is 3. The maximum Gasteiger partial charge on any atom is 0.319 e. The molecule has 2 aromatic heterocycles. The molecule has 9 nitrogen and oxygen atoms in total. The molecule has 5 aliphatic rings. The highest BCUT2D eigenvalue weighted by Crippen LogP contribution is 2.55. The largest absolute Gasteiger partial charge is 0.508 e. The van der Waals surface area contributed by atoms with Gasteiger partial charge in [-0.15, -0.1) is 6.42 Å². The molecule has 5 fully saturated rings. The minimum absolute atomic E-state index is 0.0312. The number of pyridine rings is 1. The van der Waals surface area contributed by atoms with E-state index >= 15 is 4.39 Å². The Hall–Kier alpha value is -3.92. The van der Waals surface area contributed by atoms with Crippen LogP contribution >= 0.6 is 0 Å². The van der Waals surface area contributed by atoms with Crippen LogP contribution < -0.4 is 9.64 Å². The van der Waals surface area contributed by atoms with Crippen molar-refractivity contribution in [1.82, 2.24) is 19.9 Å². The Morgan fingerprint density at radius 2 is 1.89 bits per heavy atom. The zero-order valence-corrected chi connectivity index (χ0v) is 31.3. The van der Waals surface area contributed by atoms with Crippen LogP contribution in [-0.4, -0.2) is 92.2 Å². The summed E-state index contributed by atoms with van der Waals surface area (Å²) >= 11 is 0. The van der Waals surface area contributed by atoms with E-state index in [1.807, 2.05) is 13.8 Å². The maximum absolute atomic E-state index is 17.0. The van der Waals surface area contributed by atoms with Crippen molar-refractivity contribution < 1.29 is 27.6 Å². The lowest BCUT2D eigenvalue weighted by molar-refractivity contribution is -0.0719. The molecule has 1 N–H and O–H groups in total. The molecule has 0 bridgehead atoms. The quantitative estimate of drug-likeness (QED) is 0.210. The van der Waals surface area contributed by atoms with Gasteiger partial charge in [0.15, 0.2) is 5.82 Å². The SMILES string of the molecule is C#Cc1c(F)ccc2cc(O)cc(-c3ncc4c(N5CCCOCC5)nc(OCC56CCCC5N(C5CC7(C5)CS(=O)C7)CCC6)nc4c3F)c12.CC. The van der Waals surface area contributed by atoms with Gasteiger partial charge in [0.1, 0.15) is 28.6 Å². The third-order valence-corrected chi connectivity index (χ3v) is 14.1. The lowest BCUT2D eigenvalue weighted by Gasteiger charge is -2.60. The number of aromatic hydroxyl groups is 1. The standard InChI is InChI=1S/C39H41F2N5O4S.C2H6/c1-2-27-30(40)8-7-24-16-26(47)17-28(32(24)27)34-33(41)35-29(20-42-34)36(45-11-5-14-49-15-13-45)44-37(43-35)50-21-39-9-3-6-31(39)46(12-4-10-39)25-18-38(19-25)22-51(48)23-38;1-2/h1,7-8,16-17,20,25,31,47H,3-6,9-15,18-19,21-23H2;1-2H3. The van der Waals surface area contributed by atoms with E-state index < -0.39 is 22.4 Å². The second kappa shape index (κ2) is 14.4. The van der Waals surface area contributed by atoms with Crippen LogP contribution in [0.3, 0.4) is 0 Å². The summed E-state index contributed by atoms with van der Waals surface area (Å²) in [6, 6.07) is 6.60. The van der Waals surface area contributed by atoms with E-state index in [0.717, 1.165) is 69.4 Å². The molecule has 2 unspecified atom stereocenters. The van der Waals surface area contributed by atoms with Crippen LogP contribution in [0.1, 0.15) is 70.8 Å². The Bertz CT molecular complexity index is 2100. The first-order valence-corrected chi connectivity index (χ1v) is 20.6. The minimum Gasteiger partial charge on any atom is -0.508 e. The fourth-order valence-electron chi connectivity index (χ4n) is 9.86. The highest BCUT2D eigenvalue weighted by atomic mass is 32.2. The number of piperidine rings is 1. The number of nitrogens with zero attached hydrogens (tertiary/aromatic N) is 5. The Morgan fingerprint density at radius 1 is 1.08 bits per heavy atom. The zero-order valence-electron chi connectivity index (χ0n) is 30.5. The molecule has 2 aromatic carbocycles. The normalized spacial score (nSPS) is 28.4. The van der Waals surface area contributed by atoms with Crippen LogP contribution in [0.25, 0.3) is 32.9 Å². The van der Waals surface area contributed by atoms with Crippen LogP contribution in [0.4, 0.5) is 14.6 Å². The first kappa shape index (κ1) is 36.1. The highest BCUT2D eigenvalue weighted by Gasteiger charge is 2.58. The molecule has 2 atom stereocenters. The predicted octanol–water partition coefficient (Wildman–Crippen LogP) is 6.99. The molecule has 4 aromatic rings. The van der Waals surface area contributed by atoms with E-state index in [9.17, 15) is 13.7 Å². The molecule has 3 aliphatic heterocycles. The fraction of sp³-hybridized carbons (Fsp3) is 0.537. The van der Waals surface area contributed by atoms with Crippen molar-refractivity contribution in [3.05, 3.63) is 47.7 Å². The maximum atomic E-state index is 17.0. The number of aromatic nitrogens is 3. The van der Waals surface area contributed by atoms with Crippen LogP contribution in [0.2, 0.25) is 0 Å². The molecule has 2 saturated carbocycles. The van der Waals surface area contributed by atoms with Crippen molar-refractivity contribution in [3.63, 3.8) is 0 Å². The second-order valence-corrected chi connectivity index (χ2v) is 16.8. The third-order valence-electron chi connectivity index (χ3n) is 12.2. The van der Waals surface area contributed by atoms with Gasteiger partial charge in [-0.1, -0.05) is 32.3 Å². The molecule has 280 valence electrons. The number of terminal acetylenes is 1. The molecule has 9 rings (SSSR count). The zero-order chi connectivity index (χ0) is 36.9. The summed E-state index contributed by atoms with van der Waals surface area (Å²) in [6.45, 7) is 7.87. The topological polar surface area (TPSA) is 101 Å². The monoisotopic (exact) mass is 743 g/mol. The van der Waals surface area contributed by atoms with E-state index in [1.54, 1.807) is 0 Å². The van der Waals surface area contributed by atoms with Gasteiger partial charge < -0.3 is 19.5 Å². The number of hydrogen-bond acceptors (Lipinski definition) is 9. The number of rotatable bonds is 6. The lowest BCUT2D eigenvalue weighted by Crippen LogP contribution is -2.65. The Morgan fingerprint density at radius 3 is 2.68 bits per heavy atom. The molecule has 2 aliphatic carbocycles. The number of phenols is 1. The lowest BCUT2D eigenvalue weighted by atomic mass is 9.64. The van der Waals surface area contributed by atoms with Crippen LogP contribution in [0.5, 0.6) is 11.8 Å². The van der Waals surface area contributed by atoms with Gasteiger partial charge in [0.25, 0.3) is 0 Å². The Labute approximate surface area is 311 Å². The van der Waals surface area contributed by atoms with Gasteiger partial charge in [-0.05, 0) is 80.5 Å². The van der Waals surface area contributed by atoms with Gasteiger partial charge in [0.2, 0.25) is 0 Å². The number of phenolic OH excluding ortho intramolecular Hbond substituents is 1. The van der Waals surface area contributed by atoms with Gasteiger partial charge in [-0.2, -0.15) is 9.97 Å². The average molecular weight is 744 g/mol. The smallest absolute Gasteiger partial charge is 0.319 e. The Kier molecular flexibility index (Phi) is 9.79. The molecule has 0 radical (unpaired) electrons. The summed E-state index contributed by atoms with van der Waals surface area (Å²) in [5.41, 5.74) is 0.319. The molecular formula is C41H47F2N5O4S. The number of anilines is 1. The van der Waals surface area contributed by atoms with E-state index in [-0.39, 0.29) is 44.9 Å². The van der Waals surface area contributed by atoms with Gasteiger partial charge in [-0.25, -0.2) is 8.78 Å².